The van der Waals surface area contributed by atoms with Gasteiger partial charge in [-0.05, 0) is 10.8 Å². The predicted molar refractivity (Wildman–Crippen MR) is 69.1 cm³/mol. The summed E-state index contributed by atoms with van der Waals surface area (Å²) in [5.74, 6) is -0.192. The third kappa shape index (κ3) is 4.68. The van der Waals surface area contributed by atoms with Crippen LogP contribution in [-0.2, 0) is 9.53 Å². The Morgan fingerprint density at radius 3 is 2.95 bits per heavy atom. The molecule has 1 aromatic heterocycles. The van der Waals surface area contributed by atoms with Crippen molar-refractivity contribution in [1.82, 2.24) is 20.6 Å². The van der Waals surface area contributed by atoms with Crippen LogP contribution in [0.25, 0.3) is 6.08 Å². The largest absolute Gasteiger partial charge is 0.368 e. The highest BCUT2D eigenvalue weighted by atomic mass is 16.5. The lowest BCUT2D eigenvalue weighted by atomic mass is 10.2. The molecule has 19 heavy (non-hydrogen) atoms. The van der Waals surface area contributed by atoms with Gasteiger partial charge < -0.3 is 4.74 Å². The highest BCUT2D eigenvalue weighted by Gasteiger charge is 2.04. The van der Waals surface area contributed by atoms with Crippen LogP contribution in [0.15, 0.2) is 36.4 Å². The first kappa shape index (κ1) is 12.9. The molecule has 0 aliphatic carbocycles. The van der Waals surface area contributed by atoms with Gasteiger partial charge in [-0.25, -0.2) is 0 Å². The molecule has 0 saturated carbocycles. The Hall–Kier alpha value is -2.54. The van der Waals surface area contributed by atoms with E-state index in [1.54, 1.807) is 0 Å². The Kier molecular flexibility index (Phi) is 4.77. The minimum atomic E-state index is -0.325. The molecule has 0 fully saturated rings. The molecule has 0 aliphatic heterocycles. The maximum absolute atomic E-state index is 11.4. The van der Waals surface area contributed by atoms with Crippen molar-refractivity contribution in [2.75, 3.05) is 18.5 Å². The van der Waals surface area contributed by atoms with E-state index in [0.717, 1.165) is 5.56 Å². The van der Waals surface area contributed by atoms with Gasteiger partial charge in [0.2, 0.25) is 0 Å². The minimum Gasteiger partial charge on any atom is -0.368 e. The summed E-state index contributed by atoms with van der Waals surface area (Å²) in [5.41, 5.74) is 1.09. The Morgan fingerprint density at radius 2 is 2.21 bits per heavy atom. The lowest BCUT2D eigenvalue weighted by molar-refractivity contribution is -0.120. The summed E-state index contributed by atoms with van der Waals surface area (Å²) in [7, 11) is 0. The molecule has 0 radical (unpaired) electrons. The molecule has 98 valence electrons. The van der Waals surface area contributed by atoms with E-state index < -0.39 is 0 Å². The molecule has 0 spiro atoms. The zero-order valence-corrected chi connectivity index (χ0v) is 10.1. The van der Waals surface area contributed by atoms with Gasteiger partial charge in [0.1, 0.15) is 6.61 Å². The molecule has 0 saturated heterocycles. The molecule has 2 rings (SSSR count). The number of tetrazole rings is 1. The molecule has 7 heteroatoms. The number of hydrogen-bond acceptors (Lipinski definition) is 5. The third-order valence-electron chi connectivity index (χ3n) is 2.15. The molecule has 1 aromatic carbocycles. The second kappa shape index (κ2) is 7.02. The number of aromatic amines is 1. The van der Waals surface area contributed by atoms with Gasteiger partial charge in [-0.15, -0.1) is 5.10 Å². The van der Waals surface area contributed by atoms with Gasteiger partial charge in [-0.3, -0.25) is 10.1 Å². The average Bonchev–Trinajstić information content (AvgIpc) is 2.92. The minimum absolute atomic E-state index is 0.0618. The molecule has 0 aliphatic rings. The van der Waals surface area contributed by atoms with Gasteiger partial charge in [0.05, 0.1) is 6.61 Å². The average molecular weight is 259 g/mol. The van der Waals surface area contributed by atoms with E-state index in [1.165, 1.54) is 0 Å². The van der Waals surface area contributed by atoms with Crippen LogP contribution < -0.4 is 5.32 Å². The molecule has 0 atom stereocenters. The van der Waals surface area contributed by atoms with Crippen molar-refractivity contribution in [3.8, 4) is 0 Å². The van der Waals surface area contributed by atoms with Crippen molar-refractivity contribution in [1.29, 1.82) is 0 Å². The van der Waals surface area contributed by atoms with E-state index >= 15 is 0 Å². The van der Waals surface area contributed by atoms with E-state index in [2.05, 4.69) is 25.9 Å². The van der Waals surface area contributed by atoms with E-state index in [4.69, 9.17) is 4.74 Å². The summed E-state index contributed by atoms with van der Waals surface area (Å²) in [5, 5.41) is 15.2. The van der Waals surface area contributed by atoms with Crippen LogP contribution in [0.1, 0.15) is 5.56 Å². The number of ether oxygens (including phenoxy) is 1. The van der Waals surface area contributed by atoms with Gasteiger partial charge in [0.15, 0.2) is 0 Å². The molecule has 0 bridgehead atoms. The van der Waals surface area contributed by atoms with Crippen LogP contribution in [0.2, 0.25) is 0 Å². The Bertz CT molecular complexity index is 524. The smallest absolute Gasteiger partial charge is 0.269 e. The van der Waals surface area contributed by atoms with Crippen LogP contribution in [0.4, 0.5) is 5.95 Å². The number of benzene rings is 1. The number of nitrogens with one attached hydrogen (secondary N) is 2. The first-order chi connectivity index (χ1) is 9.34. The third-order valence-corrected chi connectivity index (χ3v) is 2.15. The lowest BCUT2D eigenvalue weighted by Crippen LogP contribution is -2.19. The second-order valence-electron chi connectivity index (χ2n) is 3.61. The van der Waals surface area contributed by atoms with Gasteiger partial charge in [-0.2, -0.15) is 5.21 Å². The molecular formula is C12H13N5O2. The highest BCUT2D eigenvalue weighted by molar-refractivity contribution is 5.89. The molecular weight excluding hydrogens is 246 g/mol. The Morgan fingerprint density at radius 1 is 1.37 bits per heavy atom. The van der Waals surface area contributed by atoms with Crippen molar-refractivity contribution >= 4 is 17.9 Å². The number of H-pyrrole nitrogens is 1. The summed E-state index contributed by atoms with van der Waals surface area (Å²) in [6, 6.07) is 9.84. The van der Waals surface area contributed by atoms with Crippen molar-refractivity contribution < 1.29 is 9.53 Å². The zero-order valence-electron chi connectivity index (χ0n) is 10.1. The second-order valence-corrected chi connectivity index (χ2v) is 3.61. The fraction of sp³-hybridized carbons (Fsp3) is 0.167. The van der Waals surface area contributed by atoms with Crippen LogP contribution >= 0.6 is 0 Å². The van der Waals surface area contributed by atoms with Crippen molar-refractivity contribution in [3.63, 3.8) is 0 Å². The highest BCUT2D eigenvalue weighted by Crippen LogP contribution is 2.00. The number of anilines is 1. The fourth-order valence-electron chi connectivity index (χ4n) is 1.34. The molecule has 1 heterocycles. The van der Waals surface area contributed by atoms with Crippen LogP contribution in [0, 0.1) is 0 Å². The van der Waals surface area contributed by atoms with Gasteiger partial charge >= 0.3 is 0 Å². The molecule has 0 unspecified atom stereocenters. The van der Waals surface area contributed by atoms with Crippen LogP contribution in [-0.4, -0.2) is 39.7 Å². The number of carbonyl (C=O) groups is 1. The summed E-state index contributed by atoms with van der Waals surface area (Å²) >= 11 is 0. The van der Waals surface area contributed by atoms with Crippen molar-refractivity contribution in [2.45, 2.75) is 0 Å². The normalized spacial score (nSPS) is 10.7. The molecule has 2 aromatic rings. The number of nitrogens with zero attached hydrogens (tertiary/aromatic N) is 3. The maximum Gasteiger partial charge on any atom is 0.269 e. The van der Waals surface area contributed by atoms with Gasteiger partial charge in [0, 0.05) is 0 Å². The standard InChI is InChI=1S/C12H13N5O2/c18-11(13-12-14-16-17-15-12)9-19-8-4-7-10-5-2-1-3-6-10/h1-7H,8-9H2,(H2,13,14,15,16,17,18). The fourth-order valence-corrected chi connectivity index (χ4v) is 1.34. The molecule has 7 nitrogen and oxygen atoms in total. The van der Waals surface area contributed by atoms with Gasteiger partial charge in [0.25, 0.3) is 11.9 Å². The van der Waals surface area contributed by atoms with Crippen LogP contribution in [0.5, 0.6) is 0 Å². The summed E-state index contributed by atoms with van der Waals surface area (Å²) < 4.78 is 5.18. The lowest BCUT2D eigenvalue weighted by Gasteiger charge is -2.00. The van der Waals surface area contributed by atoms with E-state index in [-0.39, 0.29) is 18.5 Å². The topological polar surface area (TPSA) is 92.8 Å². The first-order valence-electron chi connectivity index (χ1n) is 5.67. The quantitative estimate of drug-likeness (QED) is 0.751. The first-order valence-corrected chi connectivity index (χ1v) is 5.67. The van der Waals surface area contributed by atoms with Gasteiger partial charge in [-0.1, -0.05) is 47.6 Å². The summed E-state index contributed by atoms with van der Waals surface area (Å²) in [6.07, 6.45) is 3.77. The summed E-state index contributed by atoms with van der Waals surface area (Å²) in [6.45, 7) is 0.294. The summed E-state index contributed by atoms with van der Waals surface area (Å²) in [4.78, 5) is 11.4. The Labute approximate surface area is 109 Å². The Balaban J connectivity index is 1.64. The number of aromatic nitrogens is 4. The number of rotatable bonds is 6. The van der Waals surface area contributed by atoms with E-state index in [9.17, 15) is 4.79 Å². The van der Waals surface area contributed by atoms with Crippen molar-refractivity contribution in [2.24, 2.45) is 0 Å². The monoisotopic (exact) mass is 259 g/mol. The zero-order chi connectivity index (χ0) is 13.3. The van der Waals surface area contributed by atoms with Crippen molar-refractivity contribution in [3.05, 3.63) is 42.0 Å². The number of hydrogen-bond donors (Lipinski definition) is 2. The van der Waals surface area contributed by atoms with E-state index in [0.29, 0.717) is 6.61 Å². The SMILES string of the molecule is O=C(COCC=Cc1ccccc1)Nc1nn[nH]n1. The molecule has 1 amide bonds. The van der Waals surface area contributed by atoms with Crippen LogP contribution in [0.3, 0.4) is 0 Å². The predicted octanol–water partition coefficient (Wildman–Crippen LogP) is 0.868. The van der Waals surface area contributed by atoms with E-state index in [1.807, 2.05) is 42.5 Å². The number of carbonyl (C=O) groups excluding carboxylic acids is 1. The maximum atomic E-state index is 11.4. The molecule has 2 N–H and O–H groups in total. The number of amides is 1.